The molecule has 0 aliphatic carbocycles. The zero-order valence-electron chi connectivity index (χ0n) is 21.3. The summed E-state index contributed by atoms with van der Waals surface area (Å²) in [6.07, 6.45) is 1.78. The molecule has 0 aromatic heterocycles. The molecule has 1 heterocycles. The number of hydrogen-bond acceptors (Lipinski definition) is 5. The molecule has 40 heavy (non-hydrogen) atoms. The summed E-state index contributed by atoms with van der Waals surface area (Å²) >= 11 is 20.3. The van der Waals surface area contributed by atoms with Gasteiger partial charge in [0, 0.05) is 15.6 Å². The van der Waals surface area contributed by atoms with E-state index in [1.807, 2.05) is 67.6 Å². The maximum atomic E-state index is 13.6. The van der Waals surface area contributed by atoms with Gasteiger partial charge in [0.25, 0.3) is 5.91 Å². The lowest BCUT2D eigenvalue weighted by atomic mass is 10.1. The summed E-state index contributed by atoms with van der Waals surface area (Å²) < 4.78 is 11.9. The van der Waals surface area contributed by atoms with Crippen LogP contribution in [0.5, 0.6) is 11.5 Å². The number of para-hydroxylation sites is 2. The van der Waals surface area contributed by atoms with Gasteiger partial charge in [0.15, 0.2) is 16.7 Å². The van der Waals surface area contributed by atoms with E-state index in [-0.39, 0.29) is 12.5 Å². The van der Waals surface area contributed by atoms with Crippen LogP contribution in [0.15, 0.2) is 101 Å². The Labute approximate surface area is 252 Å². The van der Waals surface area contributed by atoms with E-state index in [4.69, 9.17) is 49.3 Å². The largest absolute Gasteiger partial charge is 0.490 e. The van der Waals surface area contributed by atoms with E-state index in [0.717, 1.165) is 16.9 Å². The molecule has 1 saturated heterocycles. The van der Waals surface area contributed by atoms with Crippen LogP contribution < -0.4 is 14.4 Å². The number of anilines is 1. The topological polar surface area (TPSA) is 51.1 Å². The van der Waals surface area contributed by atoms with Crippen LogP contribution in [-0.4, -0.2) is 17.7 Å². The molecule has 1 aliphatic heterocycles. The maximum absolute atomic E-state index is 13.6. The molecule has 0 bridgehead atoms. The Hall–Kier alpha value is -3.42. The van der Waals surface area contributed by atoms with E-state index in [1.54, 1.807) is 41.3 Å². The molecule has 5 rings (SSSR count). The van der Waals surface area contributed by atoms with Crippen molar-refractivity contribution in [3.8, 4) is 11.5 Å². The number of hydrogen-bond donors (Lipinski definition) is 0. The molecule has 0 N–H and O–H groups in total. The Bertz CT molecular complexity index is 1590. The van der Waals surface area contributed by atoms with E-state index in [2.05, 4.69) is 0 Å². The molecule has 0 atom stereocenters. The van der Waals surface area contributed by atoms with E-state index in [1.165, 1.54) is 11.8 Å². The summed E-state index contributed by atoms with van der Waals surface area (Å²) in [6.45, 7) is 2.45. The van der Waals surface area contributed by atoms with Crippen molar-refractivity contribution in [2.45, 2.75) is 13.5 Å². The minimum Gasteiger partial charge on any atom is -0.490 e. The Morgan fingerprint density at radius 3 is 2.30 bits per heavy atom. The normalized spacial score (nSPS) is 15.2. The van der Waals surface area contributed by atoms with Crippen LogP contribution in [0.3, 0.4) is 0 Å². The van der Waals surface area contributed by atoms with Gasteiger partial charge in [-0.3, -0.25) is 9.69 Å². The van der Waals surface area contributed by atoms with Gasteiger partial charge in [0.1, 0.15) is 6.61 Å². The Balaban J connectivity index is 1.47. The van der Waals surface area contributed by atoms with Gasteiger partial charge in [-0.1, -0.05) is 77.3 Å². The third-order valence-corrected chi connectivity index (χ3v) is 7.65. The molecule has 9 heteroatoms. The second-order valence-electron chi connectivity index (χ2n) is 8.60. The van der Waals surface area contributed by atoms with Gasteiger partial charge in [0.2, 0.25) is 0 Å². The lowest BCUT2D eigenvalue weighted by Crippen LogP contribution is -2.28. The molecule has 202 valence electrons. The Morgan fingerprint density at radius 2 is 1.60 bits per heavy atom. The molecule has 0 radical (unpaired) electrons. The molecule has 4 aromatic rings. The number of nitrogens with zero attached hydrogens (tertiary/aromatic N) is 2. The smallest absolute Gasteiger partial charge is 0.271 e. The van der Waals surface area contributed by atoms with E-state index >= 15 is 0 Å². The predicted molar refractivity (Wildman–Crippen MR) is 166 cm³/mol. The molecule has 5 nitrogen and oxygen atoms in total. The van der Waals surface area contributed by atoms with Crippen molar-refractivity contribution in [1.29, 1.82) is 0 Å². The number of ether oxygens (including phenoxy) is 2. The summed E-state index contributed by atoms with van der Waals surface area (Å²) in [5.41, 5.74) is 2.93. The summed E-state index contributed by atoms with van der Waals surface area (Å²) in [6, 6.07) is 27.7. The third kappa shape index (κ3) is 6.48. The first kappa shape index (κ1) is 28.1. The third-order valence-electron chi connectivity index (χ3n) is 5.82. The number of amides is 1. The number of carbonyl (C=O) groups is 1. The molecular weight excluding hydrogens is 587 g/mol. The molecule has 4 aromatic carbocycles. The van der Waals surface area contributed by atoms with Crippen molar-refractivity contribution >= 4 is 75.1 Å². The number of carbonyl (C=O) groups excluding carboxylic acids is 1. The van der Waals surface area contributed by atoms with Crippen LogP contribution in [0.4, 0.5) is 11.4 Å². The maximum Gasteiger partial charge on any atom is 0.271 e. The molecule has 1 fully saturated rings. The zero-order chi connectivity index (χ0) is 28.1. The minimum atomic E-state index is -0.183. The molecular formula is C31H23Cl3N2O3S. The van der Waals surface area contributed by atoms with E-state index < -0.39 is 0 Å². The van der Waals surface area contributed by atoms with Crippen molar-refractivity contribution in [3.63, 3.8) is 0 Å². The first-order chi connectivity index (χ1) is 19.4. The van der Waals surface area contributed by atoms with Crippen molar-refractivity contribution in [2.75, 3.05) is 11.5 Å². The molecule has 1 amide bonds. The molecule has 0 spiro atoms. The lowest BCUT2D eigenvalue weighted by molar-refractivity contribution is -0.113. The molecule has 0 saturated carbocycles. The first-order valence-corrected chi connectivity index (χ1v) is 14.3. The van der Waals surface area contributed by atoms with Gasteiger partial charge in [-0.15, -0.1) is 0 Å². The SMILES string of the molecule is CCOc1cc(/C=C2/SC(=Nc3ccccc3)N(c3ccccc3)C2=O)cc(Cl)c1OCc1ccc(Cl)cc1Cl. The summed E-state index contributed by atoms with van der Waals surface area (Å²) in [5.74, 6) is 0.664. The Kier molecular flexibility index (Phi) is 9.02. The van der Waals surface area contributed by atoms with Crippen LogP contribution in [0, 0.1) is 0 Å². The van der Waals surface area contributed by atoms with Crippen molar-refractivity contribution in [3.05, 3.63) is 122 Å². The highest BCUT2D eigenvalue weighted by Crippen LogP contribution is 2.41. The number of rotatable bonds is 8. The molecule has 0 unspecified atom stereocenters. The highest BCUT2D eigenvalue weighted by atomic mass is 35.5. The number of aliphatic imine (C=N–C) groups is 1. The predicted octanol–water partition coefficient (Wildman–Crippen LogP) is 9.43. The number of benzene rings is 4. The van der Waals surface area contributed by atoms with Gasteiger partial charge in [-0.05, 0) is 78.9 Å². The minimum absolute atomic E-state index is 0.177. The van der Waals surface area contributed by atoms with Crippen LogP contribution in [0.1, 0.15) is 18.1 Å². The average Bonchev–Trinajstić information content (AvgIpc) is 3.24. The monoisotopic (exact) mass is 608 g/mol. The van der Waals surface area contributed by atoms with Crippen molar-refractivity contribution < 1.29 is 14.3 Å². The fourth-order valence-electron chi connectivity index (χ4n) is 3.98. The lowest BCUT2D eigenvalue weighted by Gasteiger charge is -2.16. The van der Waals surface area contributed by atoms with E-state index in [0.29, 0.717) is 48.8 Å². The number of halogens is 3. The van der Waals surface area contributed by atoms with Gasteiger partial charge >= 0.3 is 0 Å². The van der Waals surface area contributed by atoms with Crippen molar-refractivity contribution in [2.24, 2.45) is 4.99 Å². The highest BCUT2D eigenvalue weighted by molar-refractivity contribution is 8.19. The van der Waals surface area contributed by atoms with Crippen molar-refractivity contribution in [1.82, 2.24) is 0 Å². The second kappa shape index (κ2) is 12.8. The summed E-state index contributed by atoms with van der Waals surface area (Å²) in [4.78, 5) is 20.5. The fraction of sp³-hybridized carbons (Fsp3) is 0.0968. The Morgan fingerprint density at radius 1 is 0.875 bits per heavy atom. The standard InChI is InChI=1S/C31H23Cl3N2O3S/c1-2-38-27-16-20(15-26(34)29(27)39-19-21-13-14-22(32)18-25(21)33)17-28-30(37)36(24-11-7-4-8-12-24)31(40-28)35-23-9-5-3-6-10-23/h3-18H,2,19H2,1H3/b28-17+,35-31?. The second-order valence-corrected chi connectivity index (χ2v) is 10.9. The zero-order valence-corrected chi connectivity index (χ0v) is 24.4. The van der Waals surface area contributed by atoms with Gasteiger partial charge in [-0.25, -0.2) is 4.99 Å². The van der Waals surface area contributed by atoms with Crippen LogP contribution in [-0.2, 0) is 11.4 Å². The molecule has 1 aliphatic rings. The van der Waals surface area contributed by atoms with Crippen LogP contribution in [0.25, 0.3) is 6.08 Å². The van der Waals surface area contributed by atoms with E-state index in [9.17, 15) is 4.79 Å². The number of thioether (sulfide) groups is 1. The quantitative estimate of drug-likeness (QED) is 0.187. The fourth-order valence-corrected chi connectivity index (χ4v) is 5.72. The first-order valence-electron chi connectivity index (χ1n) is 12.4. The van der Waals surface area contributed by atoms with Gasteiger partial charge in [0.05, 0.1) is 27.9 Å². The average molecular weight is 610 g/mol. The van der Waals surface area contributed by atoms with Gasteiger partial charge < -0.3 is 9.47 Å². The van der Waals surface area contributed by atoms with Crippen LogP contribution in [0.2, 0.25) is 15.1 Å². The number of amidine groups is 1. The summed E-state index contributed by atoms with van der Waals surface area (Å²) in [5, 5.41) is 1.94. The van der Waals surface area contributed by atoms with Gasteiger partial charge in [-0.2, -0.15) is 0 Å². The van der Waals surface area contributed by atoms with Crippen LogP contribution >= 0.6 is 46.6 Å². The highest BCUT2D eigenvalue weighted by Gasteiger charge is 2.34. The summed E-state index contributed by atoms with van der Waals surface area (Å²) in [7, 11) is 0.